The van der Waals surface area contributed by atoms with Crippen molar-refractivity contribution in [3.8, 4) is 0 Å². The fourth-order valence-corrected chi connectivity index (χ4v) is 1.54. The molecule has 0 aliphatic heterocycles. The maximum absolute atomic E-state index is 11.7. The molecule has 0 radical (unpaired) electrons. The van der Waals surface area contributed by atoms with E-state index < -0.39 is 0 Å². The van der Waals surface area contributed by atoms with Gasteiger partial charge in [-0.1, -0.05) is 12.1 Å². The highest BCUT2D eigenvalue weighted by atomic mass is 16.5. The number of nitrogens with one attached hydrogen (secondary N) is 2. The molecule has 19 heavy (non-hydrogen) atoms. The standard InChI is InChI=1S/C14H20N2O3/c1-11(17)12-4-3-5-13(10-12)16-14(18)6-7-15-8-9-19-2/h3-5,10,15H,6-9H2,1-2H3,(H,16,18). The van der Waals surface area contributed by atoms with Crippen LogP contribution in [0, 0.1) is 0 Å². The van der Waals surface area contributed by atoms with E-state index in [1.165, 1.54) is 6.92 Å². The smallest absolute Gasteiger partial charge is 0.225 e. The van der Waals surface area contributed by atoms with Crippen LogP contribution in [0.3, 0.4) is 0 Å². The monoisotopic (exact) mass is 264 g/mol. The molecule has 1 amide bonds. The number of benzene rings is 1. The summed E-state index contributed by atoms with van der Waals surface area (Å²) in [6, 6.07) is 6.93. The van der Waals surface area contributed by atoms with Gasteiger partial charge in [-0.25, -0.2) is 0 Å². The fourth-order valence-electron chi connectivity index (χ4n) is 1.54. The van der Waals surface area contributed by atoms with E-state index in [0.717, 1.165) is 6.54 Å². The van der Waals surface area contributed by atoms with Crippen molar-refractivity contribution in [1.29, 1.82) is 0 Å². The van der Waals surface area contributed by atoms with E-state index in [9.17, 15) is 9.59 Å². The predicted octanol–water partition coefficient (Wildman–Crippen LogP) is 1.45. The van der Waals surface area contributed by atoms with Gasteiger partial charge >= 0.3 is 0 Å². The fraction of sp³-hybridized carbons (Fsp3) is 0.429. The first-order valence-electron chi connectivity index (χ1n) is 6.24. The molecule has 0 saturated heterocycles. The van der Waals surface area contributed by atoms with Gasteiger partial charge in [-0.05, 0) is 19.1 Å². The summed E-state index contributed by atoms with van der Waals surface area (Å²) in [6.07, 6.45) is 0.383. The van der Waals surface area contributed by atoms with Crippen LogP contribution in [0.2, 0.25) is 0 Å². The number of amides is 1. The molecule has 0 fully saturated rings. The Kier molecular flexibility index (Phi) is 6.78. The van der Waals surface area contributed by atoms with E-state index in [1.807, 2.05) is 0 Å². The van der Waals surface area contributed by atoms with Crippen LogP contribution in [0.4, 0.5) is 5.69 Å². The van der Waals surface area contributed by atoms with Crippen LogP contribution in [0.5, 0.6) is 0 Å². The third kappa shape index (κ3) is 6.13. The molecule has 2 N–H and O–H groups in total. The van der Waals surface area contributed by atoms with E-state index in [1.54, 1.807) is 31.4 Å². The first-order chi connectivity index (χ1) is 9.13. The lowest BCUT2D eigenvalue weighted by Crippen LogP contribution is -2.24. The van der Waals surface area contributed by atoms with Gasteiger partial charge < -0.3 is 15.4 Å². The Labute approximate surface area is 113 Å². The second-order valence-electron chi connectivity index (χ2n) is 4.18. The zero-order valence-electron chi connectivity index (χ0n) is 11.4. The number of Topliss-reactive ketones (excluding diaryl/α,β-unsaturated/α-hetero) is 1. The molecule has 0 aromatic heterocycles. The van der Waals surface area contributed by atoms with Gasteiger partial charge in [0.1, 0.15) is 0 Å². The molecule has 5 heteroatoms. The zero-order chi connectivity index (χ0) is 14.1. The Bertz CT molecular complexity index is 432. The van der Waals surface area contributed by atoms with Gasteiger partial charge in [0.15, 0.2) is 5.78 Å². The summed E-state index contributed by atoms with van der Waals surface area (Å²) in [5.41, 5.74) is 1.24. The maximum atomic E-state index is 11.7. The minimum Gasteiger partial charge on any atom is -0.383 e. The van der Waals surface area contributed by atoms with Crippen molar-refractivity contribution in [2.75, 3.05) is 32.1 Å². The highest BCUT2D eigenvalue weighted by Crippen LogP contribution is 2.11. The maximum Gasteiger partial charge on any atom is 0.225 e. The van der Waals surface area contributed by atoms with Gasteiger partial charge in [0, 0.05) is 37.9 Å². The van der Waals surface area contributed by atoms with Crippen molar-refractivity contribution in [3.05, 3.63) is 29.8 Å². The molecule has 0 saturated carbocycles. The molecule has 1 rings (SSSR count). The Morgan fingerprint density at radius 1 is 1.26 bits per heavy atom. The van der Waals surface area contributed by atoms with Crippen LogP contribution in [0.25, 0.3) is 0 Å². The van der Waals surface area contributed by atoms with Gasteiger partial charge in [-0.2, -0.15) is 0 Å². The molecule has 104 valence electrons. The first kappa shape index (κ1) is 15.3. The van der Waals surface area contributed by atoms with Crippen LogP contribution < -0.4 is 10.6 Å². The summed E-state index contributed by atoms with van der Waals surface area (Å²) in [5, 5.41) is 5.86. The van der Waals surface area contributed by atoms with Crippen LogP contribution in [0.1, 0.15) is 23.7 Å². The molecule has 0 atom stereocenters. The number of rotatable bonds is 8. The largest absolute Gasteiger partial charge is 0.383 e. The van der Waals surface area contributed by atoms with Crippen LogP contribution in [0.15, 0.2) is 24.3 Å². The number of ether oxygens (including phenoxy) is 1. The minimum absolute atomic E-state index is 0.0164. The van der Waals surface area contributed by atoms with E-state index >= 15 is 0 Å². The van der Waals surface area contributed by atoms with Crippen molar-refractivity contribution in [3.63, 3.8) is 0 Å². The van der Waals surface area contributed by atoms with Crippen molar-refractivity contribution in [1.82, 2.24) is 5.32 Å². The Hall–Kier alpha value is -1.72. The van der Waals surface area contributed by atoms with Gasteiger partial charge in [0.2, 0.25) is 5.91 Å². The lowest BCUT2D eigenvalue weighted by Gasteiger charge is -2.07. The van der Waals surface area contributed by atoms with E-state index in [2.05, 4.69) is 10.6 Å². The van der Waals surface area contributed by atoms with E-state index in [0.29, 0.717) is 30.8 Å². The normalized spacial score (nSPS) is 10.2. The Morgan fingerprint density at radius 3 is 2.74 bits per heavy atom. The van der Waals surface area contributed by atoms with Gasteiger partial charge in [-0.3, -0.25) is 9.59 Å². The van der Waals surface area contributed by atoms with Crippen molar-refractivity contribution in [2.45, 2.75) is 13.3 Å². The summed E-state index contributed by atoms with van der Waals surface area (Å²) in [4.78, 5) is 22.9. The molecule has 1 aromatic carbocycles. The average molecular weight is 264 g/mol. The number of carbonyl (C=O) groups is 2. The second kappa shape index (κ2) is 8.39. The minimum atomic E-state index is -0.0781. The molecular weight excluding hydrogens is 244 g/mol. The van der Waals surface area contributed by atoms with Gasteiger partial charge in [-0.15, -0.1) is 0 Å². The zero-order valence-corrected chi connectivity index (χ0v) is 11.4. The van der Waals surface area contributed by atoms with Gasteiger partial charge in [0.25, 0.3) is 0 Å². The molecule has 5 nitrogen and oxygen atoms in total. The number of methoxy groups -OCH3 is 1. The van der Waals surface area contributed by atoms with Crippen LogP contribution in [-0.4, -0.2) is 38.5 Å². The molecule has 0 aliphatic rings. The Balaban J connectivity index is 2.35. The summed E-state index contributed by atoms with van der Waals surface area (Å²) in [7, 11) is 1.64. The van der Waals surface area contributed by atoms with Crippen molar-refractivity contribution in [2.24, 2.45) is 0 Å². The average Bonchev–Trinajstić information content (AvgIpc) is 2.38. The Morgan fingerprint density at radius 2 is 2.05 bits per heavy atom. The number of carbonyl (C=O) groups excluding carboxylic acids is 2. The highest BCUT2D eigenvalue weighted by molar-refractivity contribution is 5.97. The number of hydrogen-bond donors (Lipinski definition) is 2. The summed E-state index contributed by atoms with van der Waals surface area (Å²) in [6.45, 7) is 3.45. The lowest BCUT2D eigenvalue weighted by molar-refractivity contribution is -0.116. The number of hydrogen-bond acceptors (Lipinski definition) is 4. The topological polar surface area (TPSA) is 67.4 Å². The van der Waals surface area contributed by atoms with Crippen molar-refractivity contribution < 1.29 is 14.3 Å². The summed E-state index contributed by atoms with van der Waals surface area (Å²) in [5.74, 6) is -0.0945. The molecule has 0 unspecified atom stereocenters. The molecule has 0 spiro atoms. The van der Waals surface area contributed by atoms with E-state index in [4.69, 9.17) is 4.74 Å². The molecule has 1 aromatic rings. The highest BCUT2D eigenvalue weighted by Gasteiger charge is 2.04. The van der Waals surface area contributed by atoms with Gasteiger partial charge in [0.05, 0.1) is 6.61 Å². The third-order valence-electron chi connectivity index (χ3n) is 2.56. The summed E-state index contributed by atoms with van der Waals surface area (Å²) < 4.78 is 4.89. The number of ketones is 1. The van der Waals surface area contributed by atoms with Crippen LogP contribution in [-0.2, 0) is 9.53 Å². The predicted molar refractivity (Wildman–Crippen MR) is 74.4 cm³/mol. The number of anilines is 1. The third-order valence-corrected chi connectivity index (χ3v) is 2.56. The first-order valence-corrected chi connectivity index (χ1v) is 6.24. The van der Waals surface area contributed by atoms with E-state index in [-0.39, 0.29) is 11.7 Å². The van der Waals surface area contributed by atoms with Crippen LogP contribution >= 0.6 is 0 Å². The summed E-state index contributed by atoms with van der Waals surface area (Å²) >= 11 is 0. The van der Waals surface area contributed by atoms with Crippen molar-refractivity contribution >= 4 is 17.4 Å². The lowest BCUT2D eigenvalue weighted by atomic mass is 10.1. The molecule has 0 bridgehead atoms. The second-order valence-corrected chi connectivity index (χ2v) is 4.18. The molecular formula is C14H20N2O3. The molecule has 0 heterocycles. The quantitative estimate of drug-likeness (QED) is 0.551. The SMILES string of the molecule is COCCNCCC(=O)Nc1cccc(C(C)=O)c1. The molecule has 0 aliphatic carbocycles.